The highest BCUT2D eigenvalue weighted by Crippen LogP contribution is 2.44. The van der Waals surface area contributed by atoms with Crippen molar-refractivity contribution in [2.24, 2.45) is 11.8 Å². The van der Waals surface area contributed by atoms with E-state index in [1.807, 2.05) is 0 Å². The summed E-state index contributed by atoms with van der Waals surface area (Å²) in [5.74, 6) is 2.65. The quantitative estimate of drug-likeness (QED) is 0.777. The lowest BCUT2D eigenvalue weighted by Gasteiger charge is -2.25. The SMILES string of the molecule is CC(NC1CC2CCC1C2)c1nn[nH]n1. The van der Waals surface area contributed by atoms with Crippen molar-refractivity contribution in [3.63, 3.8) is 0 Å². The Morgan fingerprint density at radius 2 is 2.33 bits per heavy atom. The van der Waals surface area contributed by atoms with E-state index >= 15 is 0 Å². The lowest BCUT2D eigenvalue weighted by Crippen LogP contribution is -2.36. The molecule has 2 N–H and O–H groups in total. The molecule has 0 saturated heterocycles. The van der Waals surface area contributed by atoms with E-state index < -0.39 is 0 Å². The minimum Gasteiger partial charge on any atom is -0.304 e. The maximum atomic E-state index is 4.01. The number of fused-ring (bicyclic) bond motifs is 2. The topological polar surface area (TPSA) is 66.5 Å². The van der Waals surface area contributed by atoms with Crippen LogP contribution in [0.3, 0.4) is 0 Å². The average molecular weight is 207 g/mol. The van der Waals surface area contributed by atoms with Crippen molar-refractivity contribution in [2.45, 2.75) is 44.7 Å². The van der Waals surface area contributed by atoms with Crippen LogP contribution in [0.5, 0.6) is 0 Å². The Morgan fingerprint density at radius 1 is 1.40 bits per heavy atom. The molecule has 2 aliphatic carbocycles. The third-order valence-electron chi connectivity index (χ3n) is 3.95. The van der Waals surface area contributed by atoms with Gasteiger partial charge in [-0.25, -0.2) is 0 Å². The first-order valence-corrected chi connectivity index (χ1v) is 5.82. The van der Waals surface area contributed by atoms with Gasteiger partial charge in [0.1, 0.15) is 0 Å². The number of nitrogens with zero attached hydrogens (tertiary/aromatic N) is 3. The summed E-state index contributed by atoms with van der Waals surface area (Å²) in [4.78, 5) is 0. The second-order valence-corrected chi connectivity index (χ2v) is 4.94. The highest BCUT2D eigenvalue weighted by molar-refractivity contribution is 4.97. The molecule has 0 aliphatic heterocycles. The van der Waals surface area contributed by atoms with Gasteiger partial charge in [-0.1, -0.05) is 11.6 Å². The molecule has 2 aliphatic rings. The average Bonchev–Trinajstić information content (AvgIpc) is 2.95. The predicted molar refractivity (Wildman–Crippen MR) is 55.0 cm³/mol. The van der Waals surface area contributed by atoms with Crippen molar-refractivity contribution in [1.29, 1.82) is 0 Å². The molecular weight excluding hydrogens is 190 g/mol. The Labute approximate surface area is 89.0 Å². The molecule has 2 saturated carbocycles. The fourth-order valence-electron chi connectivity index (χ4n) is 3.20. The smallest absolute Gasteiger partial charge is 0.191 e. The molecule has 0 radical (unpaired) electrons. The van der Waals surface area contributed by atoms with Crippen LogP contribution in [0.25, 0.3) is 0 Å². The van der Waals surface area contributed by atoms with Crippen LogP contribution in [0, 0.1) is 11.8 Å². The highest BCUT2D eigenvalue weighted by Gasteiger charge is 2.39. The van der Waals surface area contributed by atoms with Gasteiger partial charge < -0.3 is 5.32 Å². The minimum atomic E-state index is 0.216. The van der Waals surface area contributed by atoms with E-state index in [1.165, 1.54) is 25.7 Å². The van der Waals surface area contributed by atoms with E-state index in [0.29, 0.717) is 6.04 Å². The van der Waals surface area contributed by atoms with Crippen LogP contribution in [0.2, 0.25) is 0 Å². The van der Waals surface area contributed by atoms with Gasteiger partial charge in [-0.3, -0.25) is 0 Å². The van der Waals surface area contributed by atoms with Gasteiger partial charge in [0.2, 0.25) is 0 Å². The zero-order valence-corrected chi connectivity index (χ0v) is 8.98. The predicted octanol–water partition coefficient (Wildman–Crippen LogP) is 1.04. The molecule has 3 rings (SSSR count). The van der Waals surface area contributed by atoms with Gasteiger partial charge >= 0.3 is 0 Å². The molecule has 0 amide bonds. The van der Waals surface area contributed by atoms with Gasteiger partial charge in [-0.2, -0.15) is 5.21 Å². The molecule has 1 aromatic rings. The van der Waals surface area contributed by atoms with E-state index in [9.17, 15) is 0 Å². The lowest BCUT2D eigenvalue weighted by molar-refractivity contribution is 0.322. The lowest BCUT2D eigenvalue weighted by atomic mass is 9.95. The van der Waals surface area contributed by atoms with Gasteiger partial charge in [0.15, 0.2) is 5.82 Å². The van der Waals surface area contributed by atoms with Crippen molar-refractivity contribution >= 4 is 0 Å². The maximum Gasteiger partial charge on any atom is 0.191 e. The zero-order chi connectivity index (χ0) is 10.3. The summed E-state index contributed by atoms with van der Waals surface area (Å²) >= 11 is 0. The van der Waals surface area contributed by atoms with E-state index in [2.05, 4.69) is 32.9 Å². The molecule has 4 atom stereocenters. The van der Waals surface area contributed by atoms with Crippen LogP contribution in [0.1, 0.15) is 44.5 Å². The van der Waals surface area contributed by atoms with Crippen molar-refractivity contribution in [2.75, 3.05) is 0 Å². The van der Waals surface area contributed by atoms with Crippen molar-refractivity contribution in [3.8, 4) is 0 Å². The molecule has 2 bridgehead atoms. The summed E-state index contributed by atoms with van der Waals surface area (Å²) in [7, 11) is 0. The number of nitrogens with one attached hydrogen (secondary N) is 2. The number of hydrogen-bond acceptors (Lipinski definition) is 4. The molecule has 82 valence electrons. The summed E-state index contributed by atoms with van der Waals surface area (Å²) in [6.07, 6.45) is 5.62. The first-order valence-electron chi connectivity index (χ1n) is 5.82. The first-order chi connectivity index (χ1) is 7.33. The highest BCUT2D eigenvalue weighted by atomic mass is 15.5. The van der Waals surface area contributed by atoms with Crippen molar-refractivity contribution in [1.82, 2.24) is 25.9 Å². The Bertz CT molecular complexity index is 323. The Morgan fingerprint density at radius 3 is 2.93 bits per heavy atom. The van der Waals surface area contributed by atoms with Crippen LogP contribution >= 0.6 is 0 Å². The maximum absolute atomic E-state index is 4.01. The monoisotopic (exact) mass is 207 g/mol. The third kappa shape index (κ3) is 1.65. The van der Waals surface area contributed by atoms with Gasteiger partial charge in [-0.05, 0) is 38.0 Å². The second kappa shape index (κ2) is 3.56. The fraction of sp³-hybridized carbons (Fsp3) is 0.900. The molecule has 1 aromatic heterocycles. The van der Waals surface area contributed by atoms with E-state index in [-0.39, 0.29) is 6.04 Å². The van der Waals surface area contributed by atoms with Gasteiger partial charge in [0, 0.05) is 6.04 Å². The van der Waals surface area contributed by atoms with Gasteiger partial charge in [0.25, 0.3) is 0 Å². The van der Waals surface area contributed by atoms with Crippen molar-refractivity contribution in [3.05, 3.63) is 5.82 Å². The molecule has 4 unspecified atom stereocenters. The molecule has 15 heavy (non-hydrogen) atoms. The van der Waals surface area contributed by atoms with E-state index in [4.69, 9.17) is 0 Å². The van der Waals surface area contributed by atoms with Crippen molar-refractivity contribution < 1.29 is 0 Å². The molecule has 5 heteroatoms. The zero-order valence-electron chi connectivity index (χ0n) is 8.98. The van der Waals surface area contributed by atoms with Crippen LogP contribution in [0.4, 0.5) is 0 Å². The van der Waals surface area contributed by atoms with Gasteiger partial charge in [0.05, 0.1) is 6.04 Å². The Balaban J connectivity index is 1.62. The molecule has 0 aromatic carbocycles. The van der Waals surface area contributed by atoms with Crippen LogP contribution in [0.15, 0.2) is 0 Å². The molecular formula is C10H17N5. The first kappa shape index (κ1) is 9.27. The molecule has 2 fully saturated rings. The number of aromatic amines is 1. The molecule has 1 heterocycles. The van der Waals surface area contributed by atoms with Crippen LogP contribution < -0.4 is 5.32 Å². The third-order valence-corrected chi connectivity index (χ3v) is 3.95. The van der Waals surface area contributed by atoms with Gasteiger partial charge in [-0.15, -0.1) is 10.2 Å². The van der Waals surface area contributed by atoms with E-state index in [1.54, 1.807) is 0 Å². The number of H-pyrrole nitrogens is 1. The second-order valence-electron chi connectivity index (χ2n) is 4.94. The summed E-state index contributed by atoms with van der Waals surface area (Å²) in [6, 6.07) is 0.894. The number of aromatic nitrogens is 4. The molecule has 5 nitrogen and oxygen atoms in total. The summed E-state index contributed by atoms with van der Waals surface area (Å²) in [5, 5.41) is 17.7. The molecule has 0 spiro atoms. The standard InChI is InChI=1S/C10H17N5/c1-6(10-12-14-15-13-10)11-9-5-7-2-3-8(9)4-7/h6-9,11H,2-5H2,1H3,(H,12,13,14,15). The number of tetrazole rings is 1. The van der Waals surface area contributed by atoms with Crippen LogP contribution in [-0.2, 0) is 0 Å². The summed E-state index contributed by atoms with van der Waals surface area (Å²) in [6.45, 7) is 2.11. The number of hydrogen-bond donors (Lipinski definition) is 2. The van der Waals surface area contributed by atoms with E-state index in [0.717, 1.165) is 17.7 Å². The number of rotatable bonds is 3. The minimum absolute atomic E-state index is 0.216. The summed E-state index contributed by atoms with van der Waals surface area (Å²) in [5.41, 5.74) is 0. The Kier molecular flexibility index (Phi) is 2.20. The Hall–Kier alpha value is -0.970. The fourth-order valence-corrected chi connectivity index (χ4v) is 3.20. The largest absolute Gasteiger partial charge is 0.304 e. The van der Waals surface area contributed by atoms with Crippen LogP contribution in [-0.4, -0.2) is 26.7 Å². The normalized spacial score (nSPS) is 35.9. The summed E-state index contributed by atoms with van der Waals surface area (Å²) < 4.78 is 0.